The number of rotatable bonds is 7. The van der Waals surface area contributed by atoms with Crippen LogP contribution in [0.1, 0.15) is 42.5 Å². The van der Waals surface area contributed by atoms with Gasteiger partial charge >= 0.3 is 0 Å². The normalized spacial score (nSPS) is 23.7. The van der Waals surface area contributed by atoms with Crippen LogP contribution in [0, 0.1) is 5.92 Å². The van der Waals surface area contributed by atoms with Gasteiger partial charge in [-0.05, 0) is 55.0 Å². The molecule has 2 aromatic carbocycles. The molecule has 3 atom stereocenters. The van der Waals surface area contributed by atoms with Crippen molar-refractivity contribution in [2.24, 2.45) is 5.92 Å². The molecular weight excluding hydrogens is 338 g/mol. The monoisotopic (exact) mass is 365 g/mol. The molecule has 0 aliphatic heterocycles. The summed E-state index contributed by atoms with van der Waals surface area (Å²) >= 11 is 0. The number of aryl methyl sites for hydroxylation is 1. The molecule has 27 heavy (non-hydrogen) atoms. The molecule has 2 aliphatic carbocycles. The minimum Gasteiger partial charge on any atom is -0.494 e. The lowest BCUT2D eigenvalue weighted by molar-refractivity contribution is -0.123. The molecule has 4 heteroatoms. The summed E-state index contributed by atoms with van der Waals surface area (Å²) in [5.74, 6) is 1.05. The van der Waals surface area contributed by atoms with Crippen LogP contribution in [0.2, 0.25) is 0 Å². The van der Waals surface area contributed by atoms with Gasteiger partial charge in [0.15, 0.2) is 0 Å². The lowest BCUT2D eigenvalue weighted by Gasteiger charge is -2.20. The summed E-state index contributed by atoms with van der Waals surface area (Å²) in [6, 6.07) is 16.3. The van der Waals surface area contributed by atoms with E-state index in [1.165, 1.54) is 11.1 Å². The van der Waals surface area contributed by atoms with E-state index in [2.05, 4.69) is 29.6 Å². The van der Waals surface area contributed by atoms with Crippen LogP contribution in [-0.4, -0.2) is 26.2 Å². The number of nitrogens with one attached hydrogen (secondary N) is 1. The Bertz CT molecular complexity index is 817. The van der Waals surface area contributed by atoms with E-state index in [0.29, 0.717) is 13.2 Å². The number of carbonyl (C=O) groups excluding carboxylic acids is 1. The third kappa shape index (κ3) is 3.34. The molecule has 0 saturated heterocycles. The first-order valence-electron chi connectivity index (χ1n) is 9.78. The molecule has 1 amide bonds. The highest BCUT2D eigenvalue weighted by Gasteiger charge is 2.61. The first kappa shape index (κ1) is 18.1. The van der Waals surface area contributed by atoms with Gasteiger partial charge in [-0.1, -0.05) is 36.4 Å². The Labute approximate surface area is 160 Å². The highest BCUT2D eigenvalue weighted by atomic mass is 16.5. The number of ether oxygens (including phenoxy) is 2. The number of fused-ring (bicyclic) bond motifs is 2. The maximum atomic E-state index is 13.0. The summed E-state index contributed by atoms with van der Waals surface area (Å²) in [7, 11) is 1.67. The van der Waals surface area contributed by atoms with Crippen molar-refractivity contribution in [3.63, 3.8) is 0 Å². The molecule has 1 fully saturated rings. The van der Waals surface area contributed by atoms with Gasteiger partial charge in [-0.2, -0.15) is 0 Å². The van der Waals surface area contributed by atoms with Gasteiger partial charge in [0.2, 0.25) is 5.91 Å². The van der Waals surface area contributed by atoms with Crippen LogP contribution in [-0.2, 0) is 21.4 Å². The van der Waals surface area contributed by atoms with Crippen molar-refractivity contribution >= 4 is 5.91 Å². The van der Waals surface area contributed by atoms with Gasteiger partial charge in [0.25, 0.3) is 0 Å². The van der Waals surface area contributed by atoms with Crippen molar-refractivity contribution in [2.75, 3.05) is 20.3 Å². The first-order chi connectivity index (χ1) is 13.2. The van der Waals surface area contributed by atoms with E-state index >= 15 is 0 Å². The largest absolute Gasteiger partial charge is 0.494 e. The molecule has 1 saturated carbocycles. The second kappa shape index (κ2) is 7.35. The van der Waals surface area contributed by atoms with Gasteiger partial charge in [-0.3, -0.25) is 4.79 Å². The van der Waals surface area contributed by atoms with Gasteiger partial charge in [0.05, 0.1) is 19.3 Å². The fourth-order valence-corrected chi connectivity index (χ4v) is 4.56. The molecule has 1 N–H and O–H groups in total. The van der Waals surface area contributed by atoms with Crippen LogP contribution in [0.5, 0.6) is 5.75 Å². The van der Waals surface area contributed by atoms with Crippen molar-refractivity contribution < 1.29 is 14.3 Å². The van der Waals surface area contributed by atoms with Crippen molar-refractivity contribution in [1.82, 2.24) is 5.32 Å². The van der Waals surface area contributed by atoms with E-state index in [-0.39, 0.29) is 23.3 Å². The Balaban J connectivity index is 1.46. The first-order valence-corrected chi connectivity index (χ1v) is 9.78. The SMILES string of the molecule is CCOc1ccc([C@H](COC)NC(=O)[C@H]2C[C@@]23CCc2ccccc23)cc1. The zero-order valence-corrected chi connectivity index (χ0v) is 16.0. The molecule has 0 aromatic heterocycles. The average Bonchev–Trinajstić information content (AvgIpc) is 3.31. The zero-order valence-electron chi connectivity index (χ0n) is 16.0. The third-order valence-electron chi connectivity index (χ3n) is 6.03. The Kier molecular flexibility index (Phi) is 4.92. The lowest BCUT2D eigenvalue weighted by atomic mass is 9.95. The summed E-state index contributed by atoms with van der Waals surface area (Å²) in [6.07, 6.45) is 3.13. The van der Waals surface area contributed by atoms with Crippen LogP contribution in [0.25, 0.3) is 0 Å². The molecule has 4 rings (SSSR count). The Hall–Kier alpha value is -2.33. The lowest BCUT2D eigenvalue weighted by Crippen LogP contribution is -2.34. The van der Waals surface area contributed by atoms with E-state index in [1.807, 2.05) is 31.2 Å². The Morgan fingerprint density at radius 3 is 2.74 bits per heavy atom. The number of hydrogen-bond acceptors (Lipinski definition) is 3. The topological polar surface area (TPSA) is 47.6 Å². The van der Waals surface area contributed by atoms with E-state index in [4.69, 9.17) is 9.47 Å². The van der Waals surface area contributed by atoms with Gasteiger partial charge < -0.3 is 14.8 Å². The number of carbonyl (C=O) groups is 1. The quantitative estimate of drug-likeness (QED) is 0.812. The summed E-state index contributed by atoms with van der Waals surface area (Å²) in [6.45, 7) is 3.06. The number of hydrogen-bond donors (Lipinski definition) is 1. The zero-order chi connectivity index (χ0) is 18.9. The Morgan fingerprint density at radius 2 is 2.00 bits per heavy atom. The third-order valence-corrected chi connectivity index (χ3v) is 6.03. The summed E-state index contributed by atoms with van der Waals surface area (Å²) in [5, 5.41) is 3.22. The molecule has 2 aliphatic rings. The fraction of sp³-hybridized carbons (Fsp3) is 0.435. The predicted molar refractivity (Wildman–Crippen MR) is 105 cm³/mol. The van der Waals surface area contributed by atoms with Crippen LogP contribution >= 0.6 is 0 Å². The van der Waals surface area contributed by atoms with Crippen molar-refractivity contribution in [3.8, 4) is 5.75 Å². The minimum absolute atomic E-state index is 0.0666. The van der Waals surface area contributed by atoms with Gasteiger partial charge in [0, 0.05) is 18.4 Å². The molecule has 142 valence electrons. The summed E-state index contributed by atoms with van der Waals surface area (Å²) < 4.78 is 10.9. The maximum Gasteiger partial charge on any atom is 0.224 e. The molecule has 2 aromatic rings. The van der Waals surface area contributed by atoms with Crippen molar-refractivity contribution in [3.05, 3.63) is 65.2 Å². The second-order valence-corrected chi connectivity index (χ2v) is 7.59. The van der Waals surface area contributed by atoms with Crippen molar-refractivity contribution in [2.45, 2.75) is 37.6 Å². The molecule has 0 radical (unpaired) electrons. The van der Waals surface area contributed by atoms with Crippen LogP contribution in [0.4, 0.5) is 0 Å². The molecule has 0 unspecified atom stereocenters. The van der Waals surface area contributed by atoms with E-state index < -0.39 is 0 Å². The van der Waals surface area contributed by atoms with E-state index in [9.17, 15) is 4.79 Å². The standard InChI is InChI=1S/C23H27NO3/c1-3-27-18-10-8-17(9-11-18)21(15-26-2)24-22(25)20-14-23(20)13-12-16-6-4-5-7-19(16)23/h4-11,20-21H,3,12-15H2,1-2H3,(H,24,25)/t20-,21+,23-/m1/s1. The van der Waals surface area contributed by atoms with E-state index in [0.717, 1.165) is 30.6 Å². The number of benzene rings is 2. The average molecular weight is 365 g/mol. The molecule has 4 nitrogen and oxygen atoms in total. The fourth-order valence-electron chi connectivity index (χ4n) is 4.56. The Morgan fingerprint density at radius 1 is 1.22 bits per heavy atom. The summed E-state index contributed by atoms with van der Waals surface area (Å²) in [4.78, 5) is 13.0. The summed E-state index contributed by atoms with van der Waals surface area (Å²) in [5.41, 5.74) is 3.90. The minimum atomic E-state index is -0.146. The van der Waals surface area contributed by atoms with Crippen LogP contribution < -0.4 is 10.1 Å². The maximum absolute atomic E-state index is 13.0. The van der Waals surface area contributed by atoms with Gasteiger partial charge in [-0.25, -0.2) is 0 Å². The van der Waals surface area contributed by atoms with Gasteiger partial charge in [0.1, 0.15) is 5.75 Å². The van der Waals surface area contributed by atoms with Gasteiger partial charge in [-0.15, -0.1) is 0 Å². The molecule has 0 heterocycles. The highest BCUT2D eigenvalue weighted by molar-refractivity contribution is 5.85. The number of amides is 1. The van der Waals surface area contributed by atoms with Crippen molar-refractivity contribution in [1.29, 1.82) is 0 Å². The van der Waals surface area contributed by atoms with Crippen LogP contribution in [0.15, 0.2) is 48.5 Å². The smallest absolute Gasteiger partial charge is 0.224 e. The second-order valence-electron chi connectivity index (χ2n) is 7.59. The molecular formula is C23H27NO3. The predicted octanol–water partition coefficient (Wildman–Crippen LogP) is 3.79. The molecule has 0 bridgehead atoms. The molecule has 1 spiro atoms. The number of methoxy groups -OCH3 is 1. The highest BCUT2D eigenvalue weighted by Crippen LogP contribution is 2.61. The van der Waals surface area contributed by atoms with E-state index in [1.54, 1.807) is 7.11 Å². The van der Waals surface area contributed by atoms with Crippen LogP contribution in [0.3, 0.4) is 0 Å².